The molecule has 0 bridgehead atoms. The minimum Gasteiger partial charge on any atom is -0.481 e. The lowest BCUT2D eigenvalue weighted by molar-refractivity contribution is -0.142. The van der Waals surface area contributed by atoms with Crippen molar-refractivity contribution in [2.75, 3.05) is 26.3 Å². The van der Waals surface area contributed by atoms with Crippen LogP contribution < -0.4 is 5.32 Å². The van der Waals surface area contributed by atoms with Gasteiger partial charge in [0.1, 0.15) is 5.92 Å². The van der Waals surface area contributed by atoms with Crippen LogP contribution in [0.25, 0.3) is 0 Å². The van der Waals surface area contributed by atoms with E-state index in [1.807, 2.05) is 6.92 Å². The molecule has 1 heterocycles. The quantitative estimate of drug-likeness (QED) is 0.769. The Balaban J connectivity index is 2.72. The summed E-state index contributed by atoms with van der Waals surface area (Å²) in [6, 6.07) is -0.703. The number of ether oxygens (including phenoxy) is 1. The maximum atomic E-state index is 12.1. The predicted molar refractivity (Wildman–Crippen MR) is 74.2 cm³/mol. The van der Waals surface area contributed by atoms with Gasteiger partial charge in [-0.1, -0.05) is 29.4 Å². The van der Waals surface area contributed by atoms with Crippen molar-refractivity contribution >= 4 is 27.9 Å². The Labute approximate surface area is 120 Å². The topological polar surface area (TPSA) is 78.9 Å². The molecule has 1 rings (SSSR count). The molecule has 2 amide bonds. The highest BCUT2D eigenvalue weighted by atomic mass is 79.9. The zero-order chi connectivity index (χ0) is 14.4. The van der Waals surface area contributed by atoms with E-state index in [1.54, 1.807) is 4.90 Å². The van der Waals surface area contributed by atoms with E-state index in [9.17, 15) is 9.59 Å². The van der Waals surface area contributed by atoms with Crippen molar-refractivity contribution in [2.24, 2.45) is 5.92 Å². The van der Waals surface area contributed by atoms with Crippen LogP contribution in [0.1, 0.15) is 13.3 Å². The highest BCUT2D eigenvalue weighted by Gasteiger charge is 2.39. The lowest BCUT2D eigenvalue weighted by Gasteiger charge is -2.30. The second-order valence-corrected chi connectivity index (χ2v) is 5.54. The highest BCUT2D eigenvalue weighted by Crippen LogP contribution is 2.20. The molecule has 6 nitrogen and oxygen atoms in total. The van der Waals surface area contributed by atoms with Crippen LogP contribution in [0, 0.1) is 5.92 Å². The summed E-state index contributed by atoms with van der Waals surface area (Å²) in [6.45, 7) is 6.80. The van der Waals surface area contributed by atoms with Gasteiger partial charge in [-0.05, 0) is 6.42 Å². The maximum Gasteiger partial charge on any atom is 0.318 e. The molecule has 0 radical (unpaired) electrons. The lowest BCUT2D eigenvalue weighted by Crippen LogP contribution is -2.51. The summed E-state index contributed by atoms with van der Waals surface area (Å²) in [6.07, 6.45) is 0.755. The third kappa shape index (κ3) is 4.50. The number of nitrogens with zero attached hydrogens (tertiary/aromatic N) is 1. The van der Waals surface area contributed by atoms with Gasteiger partial charge in [-0.2, -0.15) is 0 Å². The van der Waals surface area contributed by atoms with Gasteiger partial charge < -0.3 is 20.1 Å². The van der Waals surface area contributed by atoms with Crippen molar-refractivity contribution in [3.05, 3.63) is 11.1 Å². The molecule has 1 saturated heterocycles. The van der Waals surface area contributed by atoms with Crippen molar-refractivity contribution in [2.45, 2.75) is 19.4 Å². The third-order valence-electron chi connectivity index (χ3n) is 2.92. The Morgan fingerprint density at radius 1 is 1.53 bits per heavy atom. The van der Waals surface area contributed by atoms with Gasteiger partial charge in [0.2, 0.25) is 0 Å². The molecule has 1 aliphatic rings. The number of halogens is 1. The summed E-state index contributed by atoms with van der Waals surface area (Å²) in [5.74, 6) is -1.59. The van der Waals surface area contributed by atoms with Crippen LogP contribution in [0.3, 0.4) is 0 Å². The summed E-state index contributed by atoms with van der Waals surface area (Å²) < 4.78 is 5.87. The van der Waals surface area contributed by atoms with Gasteiger partial charge in [-0.25, -0.2) is 4.79 Å². The smallest absolute Gasteiger partial charge is 0.318 e. The third-order valence-corrected chi connectivity index (χ3v) is 3.21. The first-order valence-corrected chi connectivity index (χ1v) is 6.95. The molecule has 0 saturated carbocycles. The standard InChI is InChI=1S/C12H19BrN2O4/c1-3-4-15(12(18)14-5-8(2)13)10-7-19-6-9(10)11(16)17/h9-10H,2-7H2,1H3,(H,14,18)(H,16,17). The second kappa shape index (κ2) is 7.49. The van der Waals surface area contributed by atoms with E-state index >= 15 is 0 Å². The van der Waals surface area contributed by atoms with Crippen molar-refractivity contribution in [3.8, 4) is 0 Å². The summed E-state index contributed by atoms with van der Waals surface area (Å²) in [7, 11) is 0. The molecule has 0 aromatic rings. The molecule has 0 aromatic heterocycles. The first-order valence-electron chi connectivity index (χ1n) is 6.15. The van der Waals surface area contributed by atoms with E-state index < -0.39 is 17.9 Å². The van der Waals surface area contributed by atoms with E-state index in [-0.39, 0.29) is 19.2 Å². The van der Waals surface area contributed by atoms with Gasteiger partial charge in [-0.15, -0.1) is 0 Å². The first-order chi connectivity index (χ1) is 8.97. The van der Waals surface area contributed by atoms with Crippen LogP contribution in [0.15, 0.2) is 11.1 Å². The average Bonchev–Trinajstić information content (AvgIpc) is 2.81. The van der Waals surface area contributed by atoms with E-state index in [0.717, 1.165) is 6.42 Å². The van der Waals surface area contributed by atoms with Gasteiger partial charge >= 0.3 is 12.0 Å². The predicted octanol–water partition coefficient (Wildman–Crippen LogP) is 1.42. The minimum absolute atomic E-state index is 0.151. The average molecular weight is 335 g/mol. The first kappa shape index (κ1) is 16.0. The second-order valence-electron chi connectivity index (χ2n) is 4.42. The molecule has 1 fully saturated rings. The van der Waals surface area contributed by atoms with Gasteiger partial charge in [0.15, 0.2) is 0 Å². The van der Waals surface area contributed by atoms with Crippen LogP contribution in [-0.2, 0) is 9.53 Å². The normalized spacial score (nSPS) is 22.0. The van der Waals surface area contributed by atoms with E-state index in [4.69, 9.17) is 9.84 Å². The van der Waals surface area contributed by atoms with Crippen LogP contribution in [0.5, 0.6) is 0 Å². The van der Waals surface area contributed by atoms with Crippen LogP contribution in [0.4, 0.5) is 4.79 Å². The highest BCUT2D eigenvalue weighted by molar-refractivity contribution is 9.11. The number of carbonyl (C=O) groups is 2. The largest absolute Gasteiger partial charge is 0.481 e. The fourth-order valence-corrected chi connectivity index (χ4v) is 2.16. The Morgan fingerprint density at radius 3 is 2.74 bits per heavy atom. The summed E-state index contributed by atoms with van der Waals surface area (Å²) in [5.41, 5.74) is 0. The van der Waals surface area contributed by atoms with Crippen molar-refractivity contribution < 1.29 is 19.4 Å². The van der Waals surface area contributed by atoms with Gasteiger partial charge in [0, 0.05) is 11.0 Å². The van der Waals surface area contributed by atoms with Crippen molar-refractivity contribution in [1.82, 2.24) is 10.2 Å². The van der Waals surface area contributed by atoms with Gasteiger partial charge in [-0.3, -0.25) is 4.79 Å². The Kier molecular flexibility index (Phi) is 6.30. The zero-order valence-electron chi connectivity index (χ0n) is 10.9. The van der Waals surface area contributed by atoms with Crippen LogP contribution in [0.2, 0.25) is 0 Å². The molecule has 2 unspecified atom stereocenters. The number of carbonyl (C=O) groups excluding carboxylic acids is 1. The number of rotatable bonds is 6. The molecule has 108 valence electrons. The molecular weight excluding hydrogens is 316 g/mol. The minimum atomic E-state index is -0.929. The monoisotopic (exact) mass is 334 g/mol. The zero-order valence-corrected chi connectivity index (χ0v) is 12.5. The van der Waals surface area contributed by atoms with Crippen molar-refractivity contribution in [3.63, 3.8) is 0 Å². The number of amides is 2. The van der Waals surface area contributed by atoms with Gasteiger partial charge in [0.05, 0.1) is 25.8 Å². The molecular formula is C12H19BrN2O4. The number of nitrogens with one attached hydrogen (secondary N) is 1. The Bertz CT molecular complexity index is 362. The molecule has 2 atom stereocenters. The number of aliphatic carboxylic acids is 1. The molecule has 2 N–H and O–H groups in total. The number of carboxylic acid groups (broad SMARTS) is 1. The molecule has 0 aliphatic carbocycles. The summed E-state index contributed by atoms with van der Waals surface area (Å²) in [5, 5.41) is 11.8. The molecule has 0 aromatic carbocycles. The summed E-state index contributed by atoms with van der Waals surface area (Å²) >= 11 is 3.16. The number of hydrogen-bond acceptors (Lipinski definition) is 3. The molecule has 0 spiro atoms. The van der Waals surface area contributed by atoms with Gasteiger partial charge in [0.25, 0.3) is 0 Å². The van der Waals surface area contributed by atoms with E-state index in [1.165, 1.54) is 0 Å². The SMILES string of the molecule is C=C(Br)CNC(=O)N(CCC)C1COCC1C(=O)O. The number of hydrogen-bond donors (Lipinski definition) is 2. The maximum absolute atomic E-state index is 12.1. The Hall–Kier alpha value is -1.08. The molecule has 7 heteroatoms. The number of urea groups is 1. The molecule has 19 heavy (non-hydrogen) atoms. The number of carboxylic acids is 1. The van der Waals surface area contributed by atoms with Crippen LogP contribution in [-0.4, -0.2) is 54.4 Å². The summed E-state index contributed by atoms with van der Waals surface area (Å²) in [4.78, 5) is 24.8. The lowest BCUT2D eigenvalue weighted by atomic mass is 10.0. The molecule has 1 aliphatic heterocycles. The van der Waals surface area contributed by atoms with Crippen LogP contribution >= 0.6 is 15.9 Å². The van der Waals surface area contributed by atoms with E-state index in [0.29, 0.717) is 17.6 Å². The Morgan fingerprint density at radius 2 is 2.21 bits per heavy atom. The fraction of sp³-hybridized carbons (Fsp3) is 0.667. The van der Waals surface area contributed by atoms with E-state index in [2.05, 4.69) is 27.8 Å². The van der Waals surface area contributed by atoms with Crippen molar-refractivity contribution in [1.29, 1.82) is 0 Å². The fourth-order valence-electron chi connectivity index (χ4n) is 2.02.